The second-order valence-corrected chi connectivity index (χ2v) is 5.53. The molecule has 0 unspecified atom stereocenters. The summed E-state index contributed by atoms with van der Waals surface area (Å²) in [5.41, 5.74) is 0.254. The van der Waals surface area contributed by atoms with Crippen LogP contribution in [0.4, 0.5) is 19.3 Å². The normalized spacial score (nSPS) is 18.0. The van der Waals surface area contributed by atoms with Crippen LogP contribution in [0.1, 0.15) is 12.8 Å². The molecule has 1 heterocycles. The Morgan fingerprint density at radius 2 is 2.10 bits per heavy atom. The number of carboxylic acid groups (broad SMARTS) is 1. The average molecular weight is 316 g/mol. The van der Waals surface area contributed by atoms with Gasteiger partial charge in [0.2, 0.25) is 0 Å². The molecule has 1 aromatic carbocycles. The van der Waals surface area contributed by atoms with Gasteiger partial charge in [-0.3, -0.25) is 0 Å². The largest absolute Gasteiger partial charge is 0.480 e. The number of para-hydroxylation sites is 1. The molecule has 2 N–H and O–H groups in total. The fourth-order valence-electron chi connectivity index (χ4n) is 2.22. The van der Waals surface area contributed by atoms with E-state index in [0.717, 1.165) is 0 Å². The molecule has 0 bridgehead atoms. The summed E-state index contributed by atoms with van der Waals surface area (Å²) in [6.45, 7) is 0.340. The number of carbonyl (C=O) groups is 2. The lowest BCUT2D eigenvalue weighted by Crippen LogP contribution is -2.42. The van der Waals surface area contributed by atoms with Gasteiger partial charge in [-0.1, -0.05) is 23.9 Å². The van der Waals surface area contributed by atoms with Crippen molar-refractivity contribution < 1.29 is 23.5 Å². The highest BCUT2D eigenvalue weighted by atomic mass is 32.2. The van der Waals surface area contributed by atoms with Crippen LogP contribution >= 0.6 is 11.8 Å². The lowest BCUT2D eigenvalue weighted by Gasteiger charge is -2.22. The molecule has 0 aromatic heterocycles. The minimum atomic E-state index is -2.60. The highest BCUT2D eigenvalue weighted by Crippen LogP contribution is 2.32. The van der Waals surface area contributed by atoms with Crippen LogP contribution in [0.25, 0.3) is 0 Å². The first kappa shape index (κ1) is 15.6. The Labute approximate surface area is 124 Å². The number of aliphatic carboxylic acids is 1. The van der Waals surface area contributed by atoms with E-state index in [1.807, 2.05) is 0 Å². The van der Waals surface area contributed by atoms with E-state index in [0.29, 0.717) is 31.1 Å². The van der Waals surface area contributed by atoms with Gasteiger partial charge in [-0.15, -0.1) is 0 Å². The number of carbonyl (C=O) groups excluding carboxylic acids is 1. The van der Waals surface area contributed by atoms with Gasteiger partial charge in [0.1, 0.15) is 6.04 Å². The van der Waals surface area contributed by atoms with Gasteiger partial charge in [0, 0.05) is 11.4 Å². The van der Waals surface area contributed by atoms with E-state index in [-0.39, 0.29) is 10.6 Å². The minimum Gasteiger partial charge on any atom is -0.480 e. The van der Waals surface area contributed by atoms with E-state index in [2.05, 4.69) is 5.32 Å². The molecule has 1 atom stereocenters. The summed E-state index contributed by atoms with van der Waals surface area (Å²) in [6.07, 6.45) is 1.01. The van der Waals surface area contributed by atoms with Crippen molar-refractivity contribution in [1.82, 2.24) is 4.90 Å². The van der Waals surface area contributed by atoms with Gasteiger partial charge in [0.15, 0.2) is 0 Å². The van der Waals surface area contributed by atoms with Gasteiger partial charge in [-0.05, 0) is 25.0 Å². The summed E-state index contributed by atoms with van der Waals surface area (Å²) < 4.78 is 24.9. The number of thioether (sulfide) groups is 1. The van der Waals surface area contributed by atoms with Crippen molar-refractivity contribution in [1.29, 1.82) is 0 Å². The van der Waals surface area contributed by atoms with Gasteiger partial charge < -0.3 is 15.3 Å². The highest BCUT2D eigenvalue weighted by molar-refractivity contribution is 7.99. The minimum absolute atomic E-state index is 0.243. The van der Waals surface area contributed by atoms with Crippen molar-refractivity contribution in [2.24, 2.45) is 0 Å². The molecule has 0 aliphatic carbocycles. The Morgan fingerprint density at radius 1 is 1.38 bits per heavy atom. The fourth-order valence-corrected chi connectivity index (χ4v) is 2.82. The standard InChI is InChI=1S/C13H14F2N2O3S/c14-12(15)21-10-6-2-1-4-8(10)16-13(20)17-7-3-5-9(17)11(18)19/h1-2,4,6,9,12H,3,5,7H2,(H,16,20)(H,18,19)/t9-/m1/s1. The zero-order valence-electron chi connectivity index (χ0n) is 11.0. The molecule has 5 nitrogen and oxygen atoms in total. The summed E-state index contributed by atoms with van der Waals surface area (Å²) in [6, 6.07) is 4.75. The Balaban J connectivity index is 2.11. The molecule has 0 radical (unpaired) electrons. The number of amides is 2. The Kier molecular flexibility index (Phi) is 5.00. The maximum Gasteiger partial charge on any atom is 0.326 e. The Morgan fingerprint density at radius 3 is 2.76 bits per heavy atom. The number of alkyl halides is 2. The van der Waals surface area contributed by atoms with Crippen LogP contribution in [0.5, 0.6) is 0 Å². The van der Waals surface area contributed by atoms with E-state index in [4.69, 9.17) is 5.11 Å². The zero-order valence-corrected chi connectivity index (χ0v) is 11.8. The smallest absolute Gasteiger partial charge is 0.326 e. The van der Waals surface area contributed by atoms with Crippen LogP contribution in [0, 0.1) is 0 Å². The number of anilines is 1. The molecule has 114 valence electrons. The first-order valence-corrected chi connectivity index (χ1v) is 7.21. The number of halogens is 2. The second kappa shape index (κ2) is 6.75. The van der Waals surface area contributed by atoms with Gasteiger partial charge in [0.25, 0.3) is 5.76 Å². The third-order valence-corrected chi connectivity index (χ3v) is 3.93. The molecule has 2 rings (SSSR count). The molecule has 1 saturated heterocycles. The number of nitrogens with zero attached hydrogens (tertiary/aromatic N) is 1. The SMILES string of the molecule is O=C(O)[C@H]1CCCN1C(=O)Nc1ccccc1SC(F)F. The fraction of sp³-hybridized carbons (Fsp3) is 0.385. The first-order chi connectivity index (χ1) is 9.99. The first-order valence-electron chi connectivity index (χ1n) is 6.33. The van der Waals surface area contributed by atoms with Crippen molar-refractivity contribution in [2.75, 3.05) is 11.9 Å². The molecular formula is C13H14F2N2O3S. The monoisotopic (exact) mass is 316 g/mol. The number of benzene rings is 1. The maximum absolute atomic E-state index is 12.5. The van der Waals surface area contributed by atoms with Crippen LogP contribution in [-0.2, 0) is 4.79 Å². The molecule has 1 aliphatic heterocycles. The Bertz CT molecular complexity index is 542. The van der Waals surface area contributed by atoms with Crippen LogP contribution < -0.4 is 5.32 Å². The van der Waals surface area contributed by atoms with Crippen LogP contribution in [0.3, 0.4) is 0 Å². The van der Waals surface area contributed by atoms with E-state index in [1.54, 1.807) is 12.1 Å². The highest BCUT2D eigenvalue weighted by Gasteiger charge is 2.34. The average Bonchev–Trinajstić information content (AvgIpc) is 2.90. The molecule has 21 heavy (non-hydrogen) atoms. The van der Waals surface area contributed by atoms with Gasteiger partial charge in [-0.25, -0.2) is 9.59 Å². The third-order valence-electron chi connectivity index (χ3n) is 3.14. The van der Waals surface area contributed by atoms with E-state index in [9.17, 15) is 18.4 Å². The van der Waals surface area contributed by atoms with E-state index in [1.165, 1.54) is 17.0 Å². The molecule has 0 spiro atoms. The van der Waals surface area contributed by atoms with Crippen molar-refractivity contribution >= 4 is 29.4 Å². The topological polar surface area (TPSA) is 69.6 Å². The molecule has 1 aromatic rings. The zero-order chi connectivity index (χ0) is 15.4. The number of hydrogen-bond donors (Lipinski definition) is 2. The molecule has 8 heteroatoms. The van der Waals surface area contributed by atoms with Crippen LogP contribution in [0.2, 0.25) is 0 Å². The Hall–Kier alpha value is -1.83. The van der Waals surface area contributed by atoms with Gasteiger partial charge in [0.05, 0.1) is 5.69 Å². The number of carboxylic acids is 1. The summed E-state index contributed by atoms with van der Waals surface area (Å²) in [4.78, 5) is 24.6. The number of likely N-dealkylation sites (tertiary alicyclic amines) is 1. The van der Waals surface area contributed by atoms with Crippen molar-refractivity contribution in [3.63, 3.8) is 0 Å². The predicted molar refractivity (Wildman–Crippen MR) is 74.7 cm³/mol. The van der Waals surface area contributed by atoms with Crippen molar-refractivity contribution in [3.05, 3.63) is 24.3 Å². The summed E-state index contributed by atoms with van der Waals surface area (Å²) in [7, 11) is 0. The van der Waals surface area contributed by atoms with Gasteiger partial charge >= 0.3 is 12.0 Å². The van der Waals surface area contributed by atoms with Crippen molar-refractivity contribution in [2.45, 2.75) is 29.5 Å². The van der Waals surface area contributed by atoms with Crippen LogP contribution in [-0.4, -0.2) is 40.4 Å². The number of nitrogens with one attached hydrogen (secondary N) is 1. The number of rotatable bonds is 4. The lowest BCUT2D eigenvalue weighted by atomic mass is 10.2. The summed E-state index contributed by atoms with van der Waals surface area (Å²) in [5.74, 6) is -3.65. The molecular weight excluding hydrogens is 302 g/mol. The summed E-state index contributed by atoms with van der Waals surface area (Å²) >= 11 is 0.334. The molecule has 1 aliphatic rings. The molecule has 0 saturated carbocycles. The third kappa shape index (κ3) is 3.84. The van der Waals surface area contributed by atoms with E-state index < -0.39 is 23.8 Å². The summed E-state index contributed by atoms with van der Waals surface area (Å²) in [5, 5.41) is 11.6. The van der Waals surface area contributed by atoms with Gasteiger partial charge in [-0.2, -0.15) is 8.78 Å². The molecule has 2 amide bonds. The number of urea groups is 1. The number of hydrogen-bond acceptors (Lipinski definition) is 3. The lowest BCUT2D eigenvalue weighted by molar-refractivity contribution is -0.141. The molecule has 1 fully saturated rings. The second-order valence-electron chi connectivity index (χ2n) is 4.49. The quantitative estimate of drug-likeness (QED) is 0.838. The van der Waals surface area contributed by atoms with Crippen molar-refractivity contribution in [3.8, 4) is 0 Å². The van der Waals surface area contributed by atoms with Crippen LogP contribution in [0.15, 0.2) is 29.2 Å². The van der Waals surface area contributed by atoms with E-state index >= 15 is 0 Å². The maximum atomic E-state index is 12.5. The predicted octanol–water partition coefficient (Wildman–Crippen LogP) is 3.08.